The van der Waals surface area contributed by atoms with Gasteiger partial charge in [0.25, 0.3) is 5.91 Å². The van der Waals surface area contributed by atoms with Crippen LogP contribution in [0.4, 0.5) is 0 Å². The molecule has 2 N–H and O–H groups in total. The fourth-order valence-electron chi connectivity index (χ4n) is 0.656. The monoisotopic (exact) mass is 138 g/mol. The van der Waals surface area contributed by atoms with Crippen LogP contribution in [0.5, 0.6) is 0 Å². The van der Waals surface area contributed by atoms with Crippen LogP contribution in [-0.2, 0) is 9.59 Å². The van der Waals surface area contributed by atoms with Crippen molar-refractivity contribution in [3.63, 3.8) is 0 Å². The van der Waals surface area contributed by atoms with Crippen molar-refractivity contribution in [3.05, 3.63) is 12.2 Å². The molecule has 0 aromatic carbocycles. The molecule has 0 aromatic heterocycles. The van der Waals surface area contributed by atoms with Crippen LogP contribution in [0.2, 0.25) is 0 Å². The lowest BCUT2D eigenvalue weighted by atomic mass is 10.1. The zero-order valence-electron chi connectivity index (χ0n) is 5.15. The van der Waals surface area contributed by atoms with E-state index in [2.05, 4.69) is 4.99 Å². The maximum absolute atomic E-state index is 10.7. The molecular formula is C6H6N2O2. The van der Waals surface area contributed by atoms with E-state index < -0.39 is 17.7 Å². The third-order valence-electron chi connectivity index (χ3n) is 1.16. The van der Waals surface area contributed by atoms with Gasteiger partial charge < -0.3 is 5.73 Å². The summed E-state index contributed by atoms with van der Waals surface area (Å²) >= 11 is 0. The minimum absolute atomic E-state index is 0.491. The number of rotatable bonds is 1. The van der Waals surface area contributed by atoms with E-state index in [9.17, 15) is 9.59 Å². The van der Waals surface area contributed by atoms with Gasteiger partial charge in [-0.3, -0.25) is 9.59 Å². The Labute approximate surface area is 57.4 Å². The molecule has 0 aliphatic carbocycles. The summed E-state index contributed by atoms with van der Waals surface area (Å²) in [6.07, 6.45) is 4.29. The first-order chi connectivity index (χ1) is 4.72. The summed E-state index contributed by atoms with van der Waals surface area (Å²) in [5.74, 6) is -2.00. The summed E-state index contributed by atoms with van der Waals surface area (Å²) < 4.78 is 0. The van der Waals surface area contributed by atoms with Crippen molar-refractivity contribution in [1.82, 2.24) is 0 Å². The Hall–Kier alpha value is -1.45. The number of primary amides is 1. The minimum atomic E-state index is -0.856. The molecule has 0 bridgehead atoms. The summed E-state index contributed by atoms with van der Waals surface area (Å²) in [7, 11) is 0. The summed E-state index contributed by atoms with van der Waals surface area (Å²) in [5, 5.41) is 0. The first-order valence-electron chi connectivity index (χ1n) is 2.76. The Morgan fingerprint density at radius 2 is 2.40 bits per heavy atom. The molecule has 10 heavy (non-hydrogen) atoms. The van der Waals surface area contributed by atoms with E-state index in [1.54, 1.807) is 0 Å². The summed E-state index contributed by atoms with van der Waals surface area (Å²) in [5.41, 5.74) is 4.87. The maximum Gasteiger partial charge on any atom is 0.262 e. The number of dihydropyridines is 1. The summed E-state index contributed by atoms with van der Waals surface area (Å²) in [6.45, 7) is 0. The van der Waals surface area contributed by atoms with E-state index in [0.717, 1.165) is 0 Å². The van der Waals surface area contributed by atoms with Gasteiger partial charge in [-0.1, -0.05) is 6.08 Å². The van der Waals surface area contributed by atoms with Gasteiger partial charge >= 0.3 is 0 Å². The van der Waals surface area contributed by atoms with Gasteiger partial charge in [0.1, 0.15) is 5.92 Å². The molecule has 1 unspecified atom stereocenters. The van der Waals surface area contributed by atoms with Gasteiger partial charge in [0.2, 0.25) is 5.91 Å². The normalized spacial score (nSPS) is 23.2. The Bertz CT molecular complexity index is 230. The fraction of sp³-hybridized carbons (Fsp3) is 0.167. The van der Waals surface area contributed by atoms with Crippen LogP contribution < -0.4 is 5.73 Å². The molecule has 1 aliphatic heterocycles. The van der Waals surface area contributed by atoms with Crippen molar-refractivity contribution in [2.24, 2.45) is 16.6 Å². The highest BCUT2D eigenvalue weighted by atomic mass is 16.2. The molecule has 0 spiro atoms. The molecule has 0 saturated carbocycles. The number of nitrogens with two attached hydrogens (primary N) is 1. The van der Waals surface area contributed by atoms with Crippen molar-refractivity contribution in [2.75, 3.05) is 0 Å². The number of amides is 2. The zero-order chi connectivity index (χ0) is 7.56. The second-order valence-corrected chi connectivity index (χ2v) is 1.88. The highest BCUT2D eigenvalue weighted by molar-refractivity contribution is 6.07. The number of carbonyl (C=O) groups is 2. The highest BCUT2D eigenvalue weighted by Gasteiger charge is 2.21. The van der Waals surface area contributed by atoms with Crippen molar-refractivity contribution >= 4 is 18.0 Å². The van der Waals surface area contributed by atoms with Gasteiger partial charge in [0.15, 0.2) is 0 Å². The molecule has 1 atom stereocenters. The van der Waals surface area contributed by atoms with E-state index >= 15 is 0 Å². The van der Waals surface area contributed by atoms with Gasteiger partial charge in [-0.15, -0.1) is 0 Å². The lowest BCUT2D eigenvalue weighted by molar-refractivity contribution is -0.129. The lowest BCUT2D eigenvalue weighted by Gasteiger charge is -2.04. The molecule has 52 valence electrons. The van der Waals surface area contributed by atoms with Crippen LogP contribution in [0, 0.1) is 5.92 Å². The van der Waals surface area contributed by atoms with Gasteiger partial charge in [0, 0.05) is 6.21 Å². The average molecular weight is 138 g/mol. The van der Waals surface area contributed by atoms with Crippen LogP contribution >= 0.6 is 0 Å². The predicted molar refractivity (Wildman–Crippen MR) is 35.3 cm³/mol. The Morgan fingerprint density at radius 3 is 2.80 bits per heavy atom. The SMILES string of the molecule is NC(=O)C1C=CC=NC1=O. The van der Waals surface area contributed by atoms with E-state index in [0.29, 0.717) is 0 Å². The summed E-state index contributed by atoms with van der Waals surface area (Å²) in [6, 6.07) is 0. The smallest absolute Gasteiger partial charge is 0.262 e. The molecule has 1 rings (SSSR count). The highest BCUT2D eigenvalue weighted by Crippen LogP contribution is 2.03. The van der Waals surface area contributed by atoms with Gasteiger partial charge in [0.05, 0.1) is 0 Å². The van der Waals surface area contributed by atoms with Crippen molar-refractivity contribution in [1.29, 1.82) is 0 Å². The molecular weight excluding hydrogens is 132 g/mol. The second kappa shape index (κ2) is 2.43. The maximum atomic E-state index is 10.7. The molecule has 0 radical (unpaired) electrons. The first kappa shape index (κ1) is 6.67. The van der Waals surface area contributed by atoms with Crippen LogP contribution in [0.15, 0.2) is 17.1 Å². The second-order valence-electron chi connectivity index (χ2n) is 1.88. The molecule has 4 nitrogen and oxygen atoms in total. The quantitative estimate of drug-likeness (QED) is 0.484. The van der Waals surface area contributed by atoms with Gasteiger partial charge in [-0.05, 0) is 6.08 Å². The van der Waals surface area contributed by atoms with Crippen LogP contribution in [0.3, 0.4) is 0 Å². The van der Waals surface area contributed by atoms with Gasteiger partial charge in [-0.2, -0.15) is 0 Å². The van der Waals surface area contributed by atoms with E-state index in [1.165, 1.54) is 18.4 Å². The number of hydrogen-bond donors (Lipinski definition) is 1. The molecule has 1 heterocycles. The number of hydrogen-bond acceptors (Lipinski definition) is 2. The fourth-order valence-corrected chi connectivity index (χ4v) is 0.656. The Kier molecular flexibility index (Phi) is 1.62. The zero-order valence-corrected chi connectivity index (χ0v) is 5.15. The van der Waals surface area contributed by atoms with Crippen molar-refractivity contribution in [2.45, 2.75) is 0 Å². The van der Waals surface area contributed by atoms with E-state index in [4.69, 9.17) is 5.73 Å². The average Bonchev–Trinajstić information content (AvgIpc) is 1.88. The molecule has 1 aliphatic rings. The number of allylic oxidation sites excluding steroid dienone is 1. The molecule has 4 heteroatoms. The minimum Gasteiger partial charge on any atom is -0.369 e. The Balaban J connectivity index is 2.80. The Morgan fingerprint density at radius 1 is 1.70 bits per heavy atom. The molecule has 0 aromatic rings. The van der Waals surface area contributed by atoms with Crippen molar-refractivity contribution < 1.29 is 9.59 Å². The predicted octanol–water partition coefficient (Wildman–Crippen LogP) is -0.745. The number of carbonyl (C=O) groups excluding carboxylic acids is 2. The number of nitrogens with zero attached hydrogens (tertiary/aromatic N) is 1. The third kappa shape index (κ3) is 1.10. The largest absolute Gasteiger partial charge is 0.369 e. The van der Waals surface area contributed by atoms with Crippen molar-refractivity contribution in [3.8, 4) is 0 Å². The number of aliphatic imine (C=N–C) groups is 1. The first-order valence-corrected chi connectivity index (χ1v) is 2.76. The molecule has 2 amide bonds. The standard InChI is InChI=1S/C6H6N2O2/c7-5(9)4-2-1-3-8-6(4)10/h1-4H,(H2,7,9). The topological polar surface area (TPSA) is 72.5 Å². The van der Waals surface area contributed by atoms with Crippen LogP contribution in [0.25, 0.3) is 0 Å². The van der Waals surface area contributed by atoms with Gasteiger partial charge in [-0.25, -0.2) is 4.99 Å². The third-order valence-corrected chi connectivity index (χ3v) is 1.16. The molecule has 0 saturated heterocycles. The van der Waals surface area contributed by atoms with Crippen LogP contribution in [-0.4, -0.2) is 18.0 Å². The van der Waals surface area contributed by atoms with E-state index in [-0.39, 0.29) is 0 Å². The molecule has 0 fully saturated rings. The van der Waals surface area contributed by atoms with E-state index in [1.807, 2.05) is 0 Å². The summed E-state index contributed by atoms with van der Waals surface area (Å²) in [4.78, 5) is 24.5. The van der Waals surface area contributed by atoms with Crippen LogP contribution in [0.1, 0.15) is 0 Å². The lowest BCUT2D eigenvalue weighted by Crippen LogP contribution is -2.28.